The predicted octanol–water partition coefficient (Wildman–Crippen LogP) is 3.39. The SMILES string of the molecule is CCOc1c(F)cc(CNC(=O)OC(C)(C)C)cc1F. The number of nitrogens with one attached hydrogen (secondary N) is 1. The van der Waals surface area contributed by atoms with E-state index in [0.717, 1.165) is 12.1 Å². The van der Waals surface area contributed by atoms with Crippen molar-refractivity contribution in [3.8, 4) is 5.75 Å². The van der Waals surface area contributed by atoms with Gasteiger partial charge in [-0.25, -0.2) is 13.6 Å². The minimum Gasteiger partial charge on any atom is -0.488 e. The number of ether oxygens (including phenoxy) is 2. The van der Waals surface area contributed by atoms with Gasteiger partial charge in [-0.3, -0.25) is 0 Å². The van der Waals surface area contributed by atoms with Crippen LogP contribution in [0.5, 0.6) is 5.75 Å². The molecular formula is C14H19F2NO3. The summed E-state index contributed by atoms with van der Waals surface area (Å²) in [6, 6.07) is 2.23. The smallest absolute Gasteiger partial charge is 0.407 e. The van der Waals surface area contributed by atoms with Gasteiger partial charge in [-0.15, -0.1) is 0 Å². The molecule has 4 nitrogen and oxygen atoms in total. The predicted molar refractivity (Wildman–Crippen MR) is 70.6 cm³/mol. The maximum absolute atomic E-state index is 13.6. The molecule has 1 aromatic carbocycles. The Hall–Kier alpha value is -1.85. The van der Waals surface area contributed by atoms with Gasteiger partial charge in [-0.05, 0) is 45.4 Å². The molecular weight excluding hydrogens is 268 g/mol. The number of alkyl carbamates (subject to hydrolysis) is 1. The van der Waals surface area contributed by atoms with Crippen molar-refractivity contribution in [1.82, 2.24) is 5.32 Å². The fourth-order valence-corrected chi connectivity index (χ4v) is 1.49. The summed E-state index contributed by atoms with van der Waals surface area (Å²) >= 11 is 0. The molecule has 0 atom stereocenters. The summed E-state index contributed by atoms with van der Waals surface area (Å²) in [6.45, 7) is 6.95. The molecule has 1 aromatic rings. The third kappa shape index (κ3) is 5.03. The maximum atomic E-state index is 13.6. The van der Waals surface area contributed by atoms with Crippen LogP contribution in [0.25, 0.3) is 0 Å². The number of halogens is 2. The lowest BCUT2D eigenvalue weighted by Gasteiger charge is -2.19. The van der Waals surface area contributed by atoms with E-state index in [-0.39, 0.29) is 18.7 Å². The van der Waals surface area contributed by atoms with Gasteiger partial charge in [-0.1, -0.05) is 0 Å². The van der Waals surface area contributed by atoms with Gasteiger partial charge < -0.3 is 14.8 Å². The van der Waals surface area contributed by atoms with Gasteiger partial charge in [-0.2, -0.15) is 0 Å². The van der Waals surface area contributed by atoms with Gasteiger partial charge in [0, 0.05) is 6.54 Å². The average molecular weight is 287 g/mol. The Morgan fingerprint density at radius 2 is 1.80 bits per heavy atom. The van der Waals surface area contributed by atoms with Crippen LogP contribution in [0.2, 0.25) is 0 Å². The highest BCUT2D eigenvalue weighted by Crippen LogP contribution is 2.23. The number of carbonyl (C=O) groups excluding carboxylic acids is 1. The molecule has 0 saturated carbocycles. The topological polar surface area (TPSA) is 47.6 Å². The maximum Gasteiger partial charge on any atom is 0.407 e. The average Bonchev–Trinajstić information content (AvgIpc) is 2.29. The van der Waals surface area contributed by atoms with Crippen LogP contribution in [0.15, 0.2) is 12.1 Å². The Balaban J connectivity index is 2.68. The fourth-order valence-electron chi connectivity index (χ4n) is 1.49. The second-order valence-electron chi connectivity index (χ2n) is 5.18. The monoisotopic (exact) mass is 287 g/mol. The highest BCUT2D eigenvalue weighted by atomic mass is 19.1. The zero-order chi connectivity index (χ0) is 15.3. The van der Waals surface area contributed by atoms with Crippen LogP contribution in [0.4, 0.5) is 13.6 Å². The number of hydrogen-bond acceptors (Lipinski definition) is 3. The van der Waals surface area contributed by atoms with E-state index in [0.29, 0.717) is 0 Å². The minimum absolute atomic E-state index is 0.0326. The van der Waals surface area contributed by atoms with E-state index in [1.54, 1.807) is 27.7 Å². The molecule has 0 saturated heterocycles. The molecule has 0 aliphatic rings. The van der Waals surface area contributed by atoms with E-state index in [4.69, 9.17) is 9.47 Å². The fraction of sp³-hybridized carbons (Fsp3) is 0.500. The number of amides is 1. The molecule has 0 aliphatic heterocycles. The molecule has 112 valence electrons. The van der Waals surface area contributed by atoms with Crippen LogP contribution >= 0.6 is 0 Å². The summed E-state index contributed by atoms with van der Waals surface area (Å²) in [5, 5.41) is 2.43. The zero-order valence-electron chi connectivity index (χ0n) is 12.0. The Morgan fingerprint density at radius 1 is 1.25 bits per heavy atom. The van der Waals surface area contributed by atoms with Crippen LogP contribution in [0.1, 0.15) is 33.3 Å². The first kappa shape index (κ1) is 16.2. The van der Waals surface area contributed by atoms with Crippen molar-refractivity contribution in [2.24, 2.45) is 0 Å². The molecule has 6 heteroatoms. The molecule has 1 rings (SSSR count). The second-order valence-corrected chi connectivity index (χ2v) is 5.18. The molecule has 0 heterocycles. The summed E-state index contributed by atoms with van der Waals surface area (Å²) in [6.07, 6.45) is -0.646. The third-order valence-electron chi connectivity index (χ3n) is 2.18. The van der Waals surface area contributed by atoms with E-state index < -0.39 is 29.1 Å². The van der Waals surface area contributed by atoms with E-state index in [1.807, 2.05) is 0 Å². The lowest BCUT2D eigenvalue weighted by atomic mass is 10.2. The standard InChI is InChI=1S/C14H19F2NO3/c1-5-19-12-10(15)6-9(7-11(12)16)8-17-13(18)20-14(2,3)4/h6-7H,5,8H2,1-4H3,(H,17,18). The molecule has 1 amide bonds. The van der Waals surface area contributed by atoms with Crippen molar-refractivity contribution in [1.29, 1.82) is 0 Å². The number of hydrogen-bond donors (Lipinski definition) is 1. The van der Waals surface area contributed by atoms with Crippen LogP contribution in [0.3, 0.4) is 0 Å². The van der Waals surface area contributed by atoms with Crippen LogP contribution < -0.4 is 10.1 Å². The number of benzene rings is 1. The van der Waals surface area contributed by atoms with Crippen molar-refractivity contribution >= 4 is 6.09 Å². The Kier molecular flexibility index (Phi) is 5.30. The number of rotatable bonds is 4. The molecule has 0 aromatic heterocycles. The van der Waals surface area contributed by atoms with Crippen LogP contribution in [-0.2, 0) is 11.3 Å². The zero-order valence-corrected chi connectivity index (χ0v) is 12.0. The molecule has 0 aliphatic carbocycles. The minimum atomic E-state index is -0.798. The molecule has 20 heavy (non-hydrogen) atoms. The van der Waals surface area contributed by atoms with E-state index in [1.165, 1.54) is 0 Å². The first-order chi connectivity index (χ1) is 9.23. The van der Waals surface area contributed by atoms with Gasteiger partial charge in [0.1, 0.15) is 5.60 Å². The van der Waals surface area contributed by atoms with Crippen LogP contribution in [0, 0.1) is 11.6 Å². The normalized spacial score (nSPS) is 11.1. The molecule has 0 radical (unpaired) electrons. The van der Waals surface area contributed by atoms with E-state index in [9.17, 15) is 13.6 Å². The van der Waals surface area contributed by atoms with Gasteiger partial charge in [0.2, 0.25) is 0 Å². The summed E-state index contributed by atoms with van der Waals surface area (Å²) in [7, 11) is 0. The summed E-state index contributed by atoms with van der Waals surface area (Å²) in [5.41, 5.74) is -0.339. The van der Waals surface area contributed by atoms with Crippen LogP contribution in [-0.4, -0.2) is 18.3 Å². The summed E-state index contributed by atoms with van der Waals surface area (Å²) in [5.74, 6) is -2.01. The van der Waals surface area contributed by atoms with E-state index in [2.05, 4.69) is 5.32 Å². The van der Waals surface area contributed by atoms with Crippen molar-refractivity contribution in [2.75, 3.05) is 6.61 Å². The Labute approximate surface area is 117 Å². The summed E-state index contributed by atoms with van der Waals surface area (Å²) in [4.78, 5) is 11.4. The third-order valence-corrected chi connectivity index (χ3v) is 2.18. The molecule has 0 spiro atoms. The molecule has 0 unspecified atom stereocenters. The quantitative estimate of drug-likeness (QED) is 0.923. The molecule has 0 bridgehead atoms. The highest BCUT2D eigenvalue weighted by molar-refractivity contribution is 5.67. The Morgan fingerprint density at radius 3 is 2.25 bits per heavy atom. The lowest BCUT2D eigenvalue weighted by Crippen LogP contribution is -2.32. The first-order valence-electron chi connectivity index (χ1n) is 6.30. The first-order valence-corrected chi connectivity index (χ1v) is 6.30. The second kappa shape index (κ2) is 6.54. The van der Waals surface area contributed by atoms with Gasteiger partial charge in [0.25, 0.3) is 0 Å². The molecule has 0 fully saturated rings. The van der Waals surface area contributed by atoms with Crippen molar-refractivity contribution in [3.05, 3.63) is 29.3 Å². The van der Waals surface area contributed by atoms with Crippen molar-refractivity contribution in [2.45, 2.75) is 39.8 Å². The molecule has 1 N–H and O–H groups in total. The number of carbonyl (C=O) groups is 1. The Bertz CT molecular complexity index is 461. The van der Waals surface area contributed by atoms with E-state index >= 15 is 0 Å². The lowest BCUT2D eigenvalue weighted by molar-refractivity contribution is 0.0523. The van der Waals surface area contributed by atoms with Crippen molar-refractivity contribution in [3.63, 3.8) is 0 Å². The van der Waals surface area contributed by atoms with Gasteiger partial charge >= 0.3 is 6.09 Å². The highest BCUT2D eigenvalue weighted by Gasteiger charge is 2.17. The summed E-state index contributed by atoms with van der Waals surface area (Å²) < 4.78 is 37.0. The van der Waals surface area contributed by atoms with Gasteiger partial charge in [0.05, 0.1) is 6.61 Å². The largest absolute Gasteiger partial charge is 0.488 e. The van der Waals surface area contributed by atoms with Crippen molar-refractivity contribution < 1.29 is 23.0 Å². The van der Waals surface area contributed by atoms with Gasteiger partial charge in [0.15, 0.2) is 17.4 Å².